The number of carboxylic acid groups (broad SMARTS) is 1. The highest BCUT2D eigenvalue weighted by molar-refractivity contribution is 6.22. The first-order valence-electron chi connectivity index (χ1n) is 28.2. The van der Waals surface area contributed by atoms with Crippen molar-refractivity contribution >= 4 is 41.4 Å². The number of aliphatic carboxylic acids is 1. The molecule has 4 rings (SSSR count). The number of hydrogen-bond donors (Lipinski definition) is 1. The molecule has 3 aromatic rings. The lowest BCUT2D eigenvalue weighted by Gasteiger charge is -2.46. The van der Waals surface area contributed by atoms with E-state index in [2.05, 4.69) is 6.92 Å². The molecular formula is C64H90F3NO10. The molecule has 0 bridgehead atoms. The average molecular weight is 1090 g/mol. The second kappa shape index (κ2) is 27.6. The first-order valence-corrected chi connectivity index (χ1v) is 28.2. The van der Waals surface area contributed by atoms with Crippen LogP contribution in [0.3, 0.4) is 0 Å². The van der Waals surface area contributed by atoms with Crippen molar-refractivity contribution in [3.8, 4) is 0 Å². The molecule has 8 atom stereocenters. The minimum absolute atomic E-state index is 0.00748. The fourth-order valence-corrected chi connectivity index (χ4v) is 11.1. The van der Waals surface area contributed by atoms with Crippen LogP contribution in [-0.2, 0) is 49.6 Å². The molecule has 8 unspecified atom stereocenters. The van der Waals surface area contributed by atoms with E-state index in [0.717, 1.165) is 49.5 Å². The molecule has 11 nitrogen and oxygen atoms in total. The van der Waals surface area contributed by atoms with E-state index >= 15 is 9.59 Å². The van der Waals surface area contributed by atoms with Crippen LogP contribution in [0.4, 0.5) is 18.9 Å². The van der Waals surface area contributed by atoms with E-state index in [9.17, 15) is 37.5 Å². The summed E-state index contributed by atoms with van der Waals surface area (Å²) < 4.78 is 59.0. The summed E-state index contributed by atoms with van der Waals surface area (Å²) in [6.45, 7) is 19.7. The van der Waals surface area contributed by atoms with E-state index in [4.69, 9.17) is 14.2 Å². The van der Waals surface area contributed by atoms with Crippen molar-refractivity contribution < 1.29 is 61.3 Å². The van der Waals surface area contributed by atoms with Crippen molar-refractivity contribution in [3.05, 3.63) is 102 Å². The van der Waals surface area contributed by atoms with Crippen molar-refractivity contribution in [2.45, 2.75) is 204 Å². The van der Waals surface area contributed by atoms with E-state index in [1.807, 2.05) is 63.2 Å². The largest absolute Gasteiger partial charge is 0.481 e. The third kappa shape index (κ3) is 16.8. The number of benzene rings is 3. The van der Waals surface area contributed by atoms with E-state index in [1.165, 1.54) is 46.5 Å². The highest BCUT2D eigenvalue weighted by atomic mass is 19.4. The molecule has 1 aliphatic heterocycles. The molecule has 0 saturated carbocycles. The number of carbonyl (C=O) groups excluding carboxylic acids is 5. The number of nitrogens with zero attached hydrogens (tertiary/aromatic N) is 1. The predicted molar refractivity (Wildman–Crippen MR) is 298 cm³/mol. The number of esters is 3. The molecule has 0 aromatic heterocycles. The van der Waals surface area contributed by atoms with Crippen molar-refractivity contribution in [1.29, 1.82) is 0 Å². The van der Waals surface area contributed by atoms with Gasteiger partial charge in [-0.1, -0.05) is 185 Å². The molecule has 0 radical (unpaired) electrons. The summed E-state index contributed by atoms with van der Waals surface area (Å²) in [6, 6.07) is 26.7. The lowest BCUT2D eigenvalue weighted by Crippen LogP contribution is -2.51. The lowest BCUT2D eigenvalue weighted by atomic mass is 9.57. The van der Waals surface area contributed by atoms with Crippen LogP contribution >= 0.6 is 0 Å². The van der Waals surface area contributed by atoms with Crippen LogP contribution in [0.15, 0.2) is 91.0 Å². The molecule has 2 amide bonds. The second-order valence-electron chi connectivity index (χ2n) is 25.2. The Labute approximate surface area is 463 Å². The topological polar surface area (TPSA) is 154 Å². The summed E-state index contributed by atoms with van der Waals surface area (Å²) in [5.41, 5.74) is -6.91. The third-order valence-corrected chi connectivity index (χ3v) is 17.1. The molecular weight excluding hydrogens is 1000 g/mol. The van der Waals surface area contributed by atoms with Gasteiger partial charge >= 0.3 is 30.1 Å². The Kier molecular flexibility index (Phi) is 23.0. The van der Waals surface area contributed by atoms with Gasteiger partial charge in [0.05, 0.1) is 45.8 Å². The van der Waals surface area contributed by atoms with Gasteiger partial charge < -0.3 is 19.3 Å². The summed E-state index contributed by atoms with van der Waals surface area (Å²) in [6.07, 6.45) is 1.79. The lowest BCUT2D eigenvalue weighted by molar-refractivity contribution is -0.226. The first kappa shape index (κ1) is 65.0. The van der Waals surface area contributed by atoms with E-state index < -0.39 is 111 Å². The van der Waals surface area contributed by atoms with Gasteiger partial charge in [0.2, 0.25) is 11.8 Å². The molecule has 1 heterocycles. The van der Waals surface area contributed by atoms with Crippen LogP contribution in [-0.4, -0.2) is 59.7 Å². The maximum atomic E-state index is 15.1. The number of carbonyl (C=O) groups is 6. The number of carboxylic acids is 1. The standard InChI is InChI=1S/C64H90F3NO10/c1-13-14-15-16-17-18-19-20-21-31-38-76-55(73)61(10,44-63(12,59(6,7)8)57(75)78-45(2)64(65,66)67)43-60(9,54(71)72)40-48(47-34-27-23-28-35-47)39-50-51(53(70)68(52(50)69)49-36-29-24-30-37-49)41-62(11,58(3,4)5)56(74)77-42-46-32-25-22-26-33-46/h22-30,32-37,45,48,50-51H,13-21,31,38-44H2,1-12H3,(H,71,72). The summed E-state index contributed by atoms with van der Waals surface area (Å²) >= 11 is 0. The molecule has 1 fully saturated rings. The van der Waals surface area contributed by atoms with Gasteiger partial charge in [-0.15, -0.1) is 0 Å². The first-order chi connectivity index (χ1) is 36.3. The molecule has 1 saturated heterocycles. The summed E-state index contributed by atoms with van der Waals surface area (Å²) in [5.74, 6) is -7.79. The maximum Gasteiger partial charge on any atom is 0.425 e. The fourth-order valence-electron chi connectivity index (χ4n) is 11.1. The fraction of sp³-hybridized carbons (Fsp3) is 0.625. The third-order valence-electron chi connectivity index (χ3n) is 17.1. The van der Waals surface area contributed by atoms with Crippen molar-refractivity contribution in [2.75, 3.05) is 11.5 Å². The van der Waals surface area contributed by atoms with Gasteiger partial charge in [0.1, 0.15) is 6.61 Å². The highest BCUT2D eigenvalue weighted by Crippen LogP contribution is 2.55. The molecule has 1 aliphatic rings. The quantitative estimate of drug-likeness (QED) is 0.0295. The van der Waals surface area contributed by atoms with E-state index in [-0.39, 0.29) is 32.5 Å². The maximum absolute atomic E-state index is 15.1. The zero-order valence-corrected chi connectivity index (χ0v) is 48.7. The number of rotatable bonds is 30. The molecule has 432 valence electrons. The zero-order chi connectivity index (χ0) is 58.3. The van der Waals surface area contributed by atoms with Crippen LogP contribution < -0.4 is 4.90 Å². The van der Waals surface area contributed by atoms with Gasteiger partial charge in [-0.25, -0.2) is 0 Å². The van der Waals surface area contributed by atoms with Crippen LogP contribution in [0.5, 0.6) is 0 Å². The monoisotopic (exact) mass is 1090 g/mol. The summed E-state index contributed by atoms with van der Waals surface area (Å²) in [5, 5.41) is 11.5. The van der Waals surface area contributed by atoms with Crippen LogP contribution in [0.1, 0.15) is 196 Å². The number of amides is 2. The smallest absolute Gasteiger partial charge is 0.425 e. The summed E-state index contributed by atoms with van der Waals surface area (Å²) in [4.78, 5) is 89.0. The van der Waals surface area contributed by atoms with Crippen molar-refractivity contribution in [3.63, 3.8) is 0 Å². The normalized spacial score (nSPS) is 19.1. The van der Waals surface area contributed by atoms with Crippen LogP contribution in [0, 0.1) is 44.3 Å². The van der Waals surface area contributed by atoms with E-state index in [0.29, 0.717) is 17.7 Å². The molecule has 0 aliphatic carbocycles. The number of unbranched alkanes of at least 4 members (excludes halogenated alkanes) is 9. The van der Waals surface area contributed by atoms with Crippen molar-refractivity contribution in [1.82, 2.24) is 0 Å². The second-order valence-corrected chi connectivity index (χ2v) is 25.2. The number of alkyl halides is 3. The average Bonchev–Trinajstić information content (AvgIpc) is 3.60. The van der Waals surface area contributed by atoms with Gasteiger partial charge in [-0.05, 0) is 113 Å². The Morgan fingerprint density at radius 1 is 0.590 bits per heavy atom. The van der Waals surface area contributed by atoms with Crippen molar-refractivity contribution in [2.24, 2.45) is 44.3 Å². The predicted octanol–water partition coefficient (Wildman–Crippen LogP) is 15.4. The van der Waals surface area contributed by atoms with Gasteiger partial charge in [0, 0.05) is 0 Å². The number of para-hydroxylation sites is 1. The number of ether oxygens (including phenoxy) is 3. The molecule has 1 N–H and O–H groups in total. The van der Waals surface area contributed by atoms with Gasteiger partial charge in [0.25, 0.3) is 0 Å². The highest BCUT2D eigenvalue weighted by Gasteiger charge is 2.59. The Morgan fingerprint density at radius 3 is 1.58 bits per heavy atom. The minimum atomic E-state index is -4.88. The molecule has 0 spiro atoms. The number of halogens is 3. The Hall–Kier alpha value is -5.53. The van der Waals surface area contributed by atoms with Crippen LogP contribution in [0.25, 0.3) is 0 Å². The van der Waals surface area contributed by atoms with Gasteiger partial charge in [0.15, 0.2) is 6.10 Å². The summed E-state index contributed by atoms with van der Waals surface area (Å²) in [7, 11) is 0. The molecule has 14 heteroatoms. The zero-order valence-electron chi connectivity index (χ0n) is 48.7. The number of anilines is 1. The Balaban J connectivity index is 1.80. The number of imide groups is 1. The van der Waals surface area contributed by atoms with Gasteiger partial charge in [-0.2, -0.15) is 13.2 Å². The van der Waals surface area contributed by atoms with E-state index in [1.54, 1.807) is 76.2 Å². The number of hydrogen-bond acceptors (Lipinski definition) is 9. The SMILES string of the molecule is CCCCCCCCCCCCOC(=O)C(C)(CC(C)(CC(CC1C(=O)N(c2ccccc2)C(=O)C1CC(C)(C(=O)OCc1ccccc1)C(C)(C)C)c1ccccc1)C(=O)O)CC(C)(C(=O)OC(C)C(F)(F)F)C(C)(C)C. The van der Waals surface area contributed by atoms with Crippen LogP contribution in [0.2, 0.25) is 0 Å². The molecule has 78 heavy (non-hydrogen) atoms. The Bertz CT molecular complexity index is 2440. The Morgan fingerprint density at radius 2 is 1.08 bits per heavy atom. The molecule has 3 aromatic carbocycles. The van der Waals surface area contributed by atoms with Gasteiger partial charge in [-0.3, -0.25) is 33.7 Å². The minimum Gasteiger partial charge on any atom is -0.481 e.